The SMILES string of the molecule is CC[C@@H]1[C@@H]2CN(C(=O)[C@H](C(C)(C)C)NC(=O)O[C@]3(C)C[C@H]3CCCCCCc3nc4ccc(OCc5ncc(C)o5)cc4nc3O2)[C@@H]1C(C)=O. The number of aryl methyl sites for hydroxylation is 2. The van der Waals surface area contributed by atoms with Crippen LogP contribution in [0.1, 0.15) is 104 Å². The van der Waals surface area contributed by atoms with Crippen LogP contribution in [-0.4, -0.2) is 68.0 Å². The number of aromatic nitrogens is 3. The van der Waals surface area contributed by atoms with Crippen molar-refractivity contribution < 1.29 is 33.0 Å². The van der Waals surface area contributed by atoms with E-state index in [1.165, 1.54) is 6.92 Å². The summed E-state index contributed by atoms with van der Waals surface area (Å²) in [5, 5.41) is 2.89. The highest BCUT2D eigenvalue weighted by atomic mass is 16.6. The van der Waals surface area contributed by atoms with Gasteiger partial charge in [0.25, 0.3) is 0 Å². The molecule has 0 spiro atoms. The molecule has 2 amide bonds. The summed E-state index contributed by atoms with van der Waals surface area (Å²) in [5.74, 6) is 1.73. The zero-order valence-corrected chi connectivity index (χ0v) is 30.4. The summed E-state index contributed by atoms with van der Waals surface area (Å²) in [5.41, 5.74) is 0.895. The highest BCUT2D eigenvalue weighted by molar-refractivity contribution is 5.92. The molecule has 12 nitrogen and oxygen atoms in total. The zero-order chi connectivity index (χ0) is 35.8. The average Bonchev–Trinajstić information content (AvgIpc) is 3.32. The van der Waals surface area contributed by atoms with E-state index in [-0.39, 0.29) is 30.8 Å². The molecule has 2 aliphatic heterocycles. The lowest BCUT2D eigenvalue weighted by Crippen LogP contribution is -2.57. The fraction of sp³-hybridized carbons (Fsp3) is 0.632. The van der Waals surface area contributed by atoms with Gasteiger partial charge in [-0.05, 0) is 70.4 Å². The number of hydrogen-bond donors (Lipinski definition) is 1. The average molecular weight is 690 g/mol. The van der Waals surface area contributed by atoms with E-state index in [0.717, 1.165) is 49.7 Å². The van der Waals surface area contributed by atoms with Crippen LogP contribution < -0.4 is 14.8 Å². The van der Waals surface area contributed by atoms with Crippen molar-refractivity contribution in [3.05, 3.63) is 41.7 Å². The monoisotopic (exact) mass is 689 g/mol. The van der Waals surface area contributed by atoms with Crippen molar-refractivity contribution in [1.82, 2.24) is 25.2 Å². The number of oxazole rings is 1. The van der Waals surface area contributed by atoms with E-state index in [2.05, 4.69) is 10.3 Å². The minimum Gasteiger partial charge on any atom is -0.484 e. The molecule has 1 saturated carbocycles. The Labute approximate surface area is 294 Å². The Hall–Kier alpha value is -4.22. The summed E-state index contributed by atoms with van der Waals surface area (Å²) >= 11 is 0. The van der Waals surface area contributed by atoms with Crippen LogP contribution in [0.5, 0.6) is 11.6 Å². The number of rotatable bonds is 5. The molecule has 2 bridgehead atoms. The topological polar surface area (TPSA) is 146 Å². The van der Waals surface area contributed by atoms with Gasteiger partial charge in [-0.3, -0.25) is 9.59 Å². The minimum atomic E-state index is -0.911. The largest absolute Gasteiger partial charge is 0.484 e. The van der Waals surface area contributed by atoms with Crippen LogP contribution >= 0.6 is 0 Å². The van der Waals surface area contributed by atoms with Crippen LogP contribution in [0, 0.1) is 24.2 Å². The lowest BCUT2D eigenvalue weighted by Gasteiger charge is -2.35. The first-order valence-corrected chi connectivity index (χ1v) is 18.1. The Morgan fingerprint density at radius 3 is 2.60 bits per heavy atom. The smallest absolute Gasteiger partial charge is 0.408 e. The highest BCUT2D eigenvalue weighted by Gasteiger charge is 2.54. The van der Waals surface area contributed by atoms with E-state index in [1.807, 2.05) is 59.7 Å². The first-order valence-electron chi connectivity index (χ1n) is 18.1. The van der Waals surface area contributed by atoms with Crippen LogP contribution in [0.25, 0.3) is 11.0 Å². The molecule has 2 fully saturated rings. The number of nitrogens with one attached hydrogen (secondary N) is 1. The fourth-order valence-corrected chi connectivity index (χ4v) is 7.57. The second-order valence-corrected chi connectivity index (χ2v) is 15.6. The fourth-order valence-electron chi connectivity index (χ4n) is 7.57. The molecule has 6 atom stereocenters. The number of carbonyl (C=O) groups excluding carboxylic acids is 3. The standard InChI is InChI=1S/C38H51N5O7/c1-8-26-30-20-43(32(26)23(3)44)35(45)33(37(4,5)6)42-36(46)50-38(7)18-24(38)13-11-9-10-12-14-28-34(49-30)41-29-17-25(15-16-27(29)40-28)47-21-31-39-19-22(2)48-31/h15-17,19,24,26,30,32-33H,8-14,18,20-21H2,1-7H3,(H,42,46)/t24-,26-,30+,32-,33-,38-/m1/s1. The normalized spacial score (nSPS) is 27.9. The number of amides is 2. The molecule has 12 heteroatoms. The maximum absolute atomic E-state index is 14.4. The molecule has 50 heavy (non-hydrogen) atoms. The van der Waals surface area contributed by atoms with Crippen LogP contribution in [0.4, 0.5) is 4.79 Å². The Balaban J connectivity index is 1.33. The predicted molar refractivity (Wildman–Crippen MR) is 186 cm³/mol. The van der Waals surface area contributed by atoms with Crippen molar-refractivity contribution in [3.63, 3.8) is 0 Å². The number of carbonyl (C=O) groups is 3. The molecule has 4 heterocycles. The number of Topliss-reactive ketones (excluding diaryl/α,β-unsaturated/α-hetero) is 1. The zero-order valence-electron chi connectivity index (χ0n) is 30.4. The van der Waals surface area contributed by atoms with Gasteiger partial charge in [0.1, 0.15) is 35.0 Å². The molecular weight excluding hydrogens is 638 g/mol. The molecule has 1 aliphatic carbocycles. The molecule has 2 aromatic heterocycles. The minimum absolute atomic E-state index is 0.130. The molecule has 1 aromatic carbocycles. The number of nitrogens with zero attached hydrogens (tertiary/aromatic N) is 4. The lowest BCUT2D eigenvalue weighted by atomic mass is 9.85. The van der Waals surface area contributed by atoms with Gasteiger partial charge < -0.3 is 28.8 Å². The molecular formula is C38H51N5O7. The van der Waals surface area contributed by atoms with Crippen molar-refractivity contribution in [3.8, 4) is 11.6 Å². The van der Waals surface area contributed by atoms with E-state index in [0.29, 0.717) is 47.6 Å². The molecule has 0 unspecified atom stereocenters. The molecule has 1 N–H and O–H groups in total. The van der Waals surface area contributed by atoms with Gasteiger partial charge in [-0.15, -0.1) is 0 Å². The van der Waals surface area contributed by atoms with Gasteiger partial charge in [-0.1, -0.05) is 47.0 Å². The third kappa shape index (κ3) is 7.73. The summed E-state index contributed by atoms with van der Waals surface area (Å²) in [6.45, 7) is 13.4. The summed E-state index contributed by atoms with van der Waals surface area (Å²) in [6.07, 6.45) is 7.61. The van der Waals surface area contributed by atoms with Crippen molar-refractivity contribution in [2.45, 2.75) is 130 Å². The van der Waals surface area contributed by atoms with Crippen molar-refractivity contribution >= 4 is 28.8 Å². The maximum Gasteiger partial charge on any atom is 0.408 e. The summed E-state index contributed by atoms with van der Waals surface area (Å²) < 4.78 is 24.2. The van der Waals surface area contributed by atoms with Crippen molar-refractivity contribution in [2.75, 3.05) is 6.54 Å². The number of alkyl carbamates (subject to hydrolysis) is 1. The first-order chi connectivity index (χ1) is 23.8. The van der Waals surface area contributed by atoms with E-state index in [9.17, 15) is 14.4 Å². The predicted octanol–water partition coefficient (Wildman–Crippen LogP) is 6.50. The van der Waals surface area contributed by atoms with Crippen LogP contribution in [0.15, 0.2) is 28.8 Å². The van der Waals surface area contributed by atoms with Gasteiger partial charge in [0.2, 0.25) is 17.7 Å². The summed E-state index contributed by atoms with van der Waals surface area (Å²) in [7, 11) is 0. The van der Waals surface area contributed by atoms with Gasteiger partial charge in [-0.2, -0.15) is 0 Å². The first kappa shape index (κ1) is 35.6. The molecule has 270 valence electrons. The molecule has 0 radical (unpaired) electrons. The molecule has 3 aliphatic rings. The second kappa shape index (κ2) is 14.2. The van der Waals surface area contributed by atoms with Crippen molar-refractivity contribution in [2.24, 2.45) is 17.3 Å². The summed E-state index contributed by atoms with van der Waals surface area (Å²) in [6, 6.07) is 3.94. The van der Waals surface area contributed by atoms with E-state index in [4.69, 9.17) is 28.6 Å². The Kier molecular flexibility index (Phi) is 10.1. The Bertz CT molecular complexity index is 1730. The second-order valence-electron chi connectivity index (χ2n) is 15.6. The molecule has 1 saturated heterocycles. The molecule has 6 rings (SSSR count). The van der Waals surface area contributed by atoms with Gasteiger partial charge in [-0.25, -0.2) is 19.7 Å². The highest BCUT2D eigenvalue weighted by Crippen LogP contribution is 2.49. The van der Waals surface area contributed by atoms with E-state index in [1.54, 1.807) is 11.1 Å². The van der Waals surface area contributed by atoms with Crippen LogP contribution in [-0.2, 0) is 27.4 Å². The summed E-state index contributed by atoms with van der Waals surface area (Å²) in [4.78, 5) is 56.7. The third-order valence-corrected chi connectivity index (χ3v) is 10.5. The van der Waals surface area contributed by atoms with Crippen molar-refractivity contribution in [1.29, 1.82) is 0 Å². The number of ketones is 1. The Morgan fingerprint density at radius 1 is 1.12 bits per heavy atom. The number of fused-ring (bicyclic) bond motifs is 5. The van der Waals surface area contributed by atoms with Crippen LogP contribution in [0.2, 0.25) is 0 Å². The van der Waals surface area contributed by atoms with E-state index >= 15 is 0 Å². The number of benzene rings is 1. The molecule has 3 aromatic rings. The third-order valence-electron chi connectivity index (χ3n) is 10.5. The Morgan fingerprint density at radius 2 is 1.90 bits per heavy atom. The van der Waals surface area contributed by atoms with Gasteiger partial charge >= 0.3 is 6.09 Å². The quantitative estimate of drug-likeness (QED) is 0.315. The number of ether oxygens (including phenoxy) is 3. The van der Waals surface area contributed by atoms with Crippen LogP contribution in [0.3, 0.4) is 0 Å². The lowest BCUT2D eigenvalue weighted by molar-refractivity contribution is -0.141. The number of hydrogen-bond acceptors (Lipinski definition) is 10. The maximum atomic E-state index is 14.4. The van der Waals surface area contributed by atoms with Gasteiger partial charge in [0, 0.05) is 17.9 Å². The van der Waals surface area contributed by atoms with Gasteiger partial charge in [0.15, 0.2) is 12.4 Å². The van der Waals surface area contributed by atoms with E-state index < -0.39 is 35.3 Å². The van der Waals surface area contributed by atoms with Gasteiger partial charge in [0.05, 0.1) is 29.8 Å².